The predicted octanol–water partition coefficient (Wildman–Crippen LogP) is 3.42. The Labute approximate surface area is 115 Å². The van der Waals surface area contributed by atoms with Crippen molar-refractivity contribution in [2.45, 2.75) is 26.4 Å². The summed E-state index contributed by atoms with van der Waals surface area (Å²) in [6.07, 6.45) is 2.92. The first-order valence-corrected chi connectivity index (χ1v) is 6.83. The Morgan fingerprint density at radius 1 is 1.16 bits per heavy atom. The molecule has 0 bridgehead atoms. The van der Waals surface area contributed by atoms with Gasteiger partial charge < -0.3 is 14.6 Å². The van der Waals surface area contributed by atoms with Crippen LogP contribution in [0.5, 0.6) is 0 Å². The predicted molar refractivity (Wildman–Crippen MR) is 79.3 cm³/mol. The molecule has 0 spiro atoms. The highest BCUT2D eigenvalue weighted by Gasteiger charge is 2.09. The molecule has 0 aliphatic heterocycles. The van der Waals surface area contributed by atoms with Gasteiger partial charge in [0, 0.05) is 24.8 Å². The Hall–Kier alpha value is -1.74. The molecule has 0 saturated carbocycles. The van der Waals surface area contributed by atoms with Crippen molar-refractivity contribution < 1.29 is 4.42 Å². The average molecular weight is 258 g/mol. The van der Waals surface area contributed by atoms with Crippen molar-refractivity contribution in [3.63, 3.8) is 0 Å². The standard InChI is InChI=1S/C16H22N2O/c1-3-10-17-12-14-9-11-19-16(14)13-18(2)15-7-5-4-6-8-15/h4-9,11,17H,3,10,12-13H2,1-2H3. The van der Waals surface area contributed by atoms with E-state index in [-0.39, 0.29) is 0 Å². The highest BCUT2D eigenvalue weighted by atomic mass is 16.3. The Morgan fingerprint density at radius 2 is 1.95 bits per heavy atom. The van der Waals surface area contributed by atoms with Crippen LogP contribution in [0.3, 0.4) is 0 Å². The molecule has 3 heteroatoms. The van der Waals surface area contributed by atoms with Crippen molar-refractivity contribution in [2.24, 2.45) is 0 Å². The summed E-state index contributed by atoms with van der Waals surface area (Å²) >= 11 is 0. The first-order chi connectivity index (χ1) is 9.31. The monoisotopic (exact) mass is 258 g/mol. The second kappa shape index (κ2) is 7.00. The van der Waals surface area contributed by atoms with Gasteiger partial charge in [-0.3, -0.25) is 0 Å². The quantitative estimate of drug-likeness (QED) is 0.771. The minimum absolute atomic E-state index is 0.792. The van der Waals surface area contributed by atoms with Gasteiger partial charge >= 0.3 is 0 Å². The second-order valence-corrected chi connectivity index (χ2v) is 4.74. The number of nitrogens with one attached hydrogen (secondary N) is 1. The van der Waals surface area contributed by atoms with E-state index in [1.807, 2.05) is 6.07 Å². The van der Waals surface area contributed by atoms with Gasteiger partial charge in [-0.15, -0.1) is 0 Å². The van der Waals surface area contributed by atoms with Crippen LogP contribution in [-0.4, -0.2) is 13.6 Å². The Kier molecular flexibility index (Phi) is 5.04. The Balaban J connectivity index is 1.97. The van der Waals surface area contributed by atoms with Crippen LogP contribution >= 0.6 is 0 Å². The summed E-state index contributed by atoms with van der Waals surface area (Å²) in [7, 11) is 2.08. The first-order valence-electron chi connectivity index (χ1n) is 6.83. The van der Waals surface area contributed by atoms with Crippen LogP contribution in [0.2, 0.25) is 0 Å². The average Bonchev–Trinajstić information content (AvgIpc) is 2.87. The van der Waals surface area contributed by atoms with Crippen LogP contribution < -0.4 is 10.2 Å². The van der Waals surface area contributed by atoms with E-state index in [1.54, 1.807) is 6.26 Å². The Bertz CT molecular complexity index is 479. The highest BCUT2D eigenvalue weighted by Crippen LogP contribution is 2.18. The summed E-state index contributed by atoms with van der Waals surface area (Å²) in [6.45, 7) is 4.88. The van der Waals surface area contributed by atoms with Crippen molar-refractivity contribution in [2.75, 3.05) is 18.5 Å². The van der Waals surface area contributed by atoms with Crippen molar-refractivity contribution in [3.05, 3.63) is 54.0 Å². The van der Waals surface area contributed by atoms with Gasteiger partial charge in [-0.05, 0) is 31.2 Å². The van der Waals surface area contributed by atoms with E-state index in [4.69, 9.17) is 4.42 Å². The molecule has 1 N–H and O–H groups in total. The maximum atomic E-state index is 5.61. The van der Waals surface area contributed by atoms with Crippen LogP contribution in [0.25, 0.3) is 0 Å². The van der Waals surface area contributed by atoms with Crippen molar-refractivity contribution in [1.29, 1.82) is 0 Å². The van der Waals surface area contributed by atoms with E-state index in [0.29, 0.717) is 0 Å². The largest absolute Gasteiger partial charge is 0.467 e. The minimum atomic E-state index is 0.792. The molecule has 2 rings (SSSR count). The van der Waals surface area contributed by atoms with Crippen LogP contribution in [-0.2, 0) is 13.1 Å². The van der Waals surface area contributed by atoms with Crippen molar-refractivity contribution in [3.8, 4) is 0 Å². The van der Waals surface area contributed by atoms with Gasteiger partial charge in [-0.25, -0.2) is 0 Å². The molecule has 0 aliphatic carbocycles. The van der Waals surface area contributed by atoms with Crippen molar-refractivity contribution >= 4 is 5.69 Å². The molecule has 0 unspecified atom stereocenters. The van der Waals surface area contributed by atoms with Gasteiger partial charge in [0.05, 0.1) is 12.8 Å². The number of benzene rings is 1. The zero-order chi connectivity index (χ0) is 13.5. The fourth-order valence-electron chi connectivity index (χ4n) is 2.05. The fourth-order valence-corrected chi connectivity index (χ4v) is 2.05. The summed E-state index contributed by atoms with van der Waals surface area (Å²) in [4.78, 5) is 2.20. The van der Waals surface area contributed by atoms with Gasteiger partial charge in [0.1, 0.15) is 5.76 Å². The molecule has 0 radical (unpaired) electrons. The zero-order valence-corrected chi connectivity index (χ0v) is 11.7. The SMILES string of the molecule is CCCNCc1ccoc1CN(C)c1ccccc1. The molecular formula is C16H22N2O. The first kappa shape index (κ1) is 13.7. The molecule has 1 aromatic heterocycles. The molecule has 3 nitrogen and oxygen atoms in total. The number of hydrogen-bond acceptors (Lipinski definition) is 3. The van der Waals surface area contributed by atoms with E-state index in [1.165, 1.54) is 11.3 Å². The molecule has 0 amide bonds. The van der Waals surface area contributed by atoms with Gasteiger partial charge in [0.2, 0.25) is 0 Å². The lowest BCUT2D eigenvalue weighted by atomic mass is 10.2. The third-order valence-corrected chi connectivity index (χ3v) is 3.16. The van der Waals surface area contributed by atoms with E-state index >= 15 is 0 Å². The lowest BCUT2D eigenvalue weighted by Crippen LogP contribution is -2.19. The smallest absolute Gasteiger partial charge is 0.127 e. The van der Waals surface area contributed by atoms with Crippen LogP contribution in [0.4, 0.5) is 5.69 Å². The maximum absolute atomic E-state index is 5.61. The van der Waals surface area contributed by atoms with Crippen LogP contribution in [0.1, 0.15) is 24.7 Å². The molecule has 19 heavy (non-hydrogen) atoms. The van der Waals surface area contributed by atoms with E-state index in [0.717, 1.165) is 31.8 Å². The molecular weight excluding hydrogens is 236 g/mol. The number of anilines is 1. The number of furan rings is 1. The molecule has 0 aliphatic rings. The zero-order valence-electron chi connectivity index (χ0n) is 11.7. The van der Waals surface area contributed by atoms with Crippen LogP contribution in [0, 0.1) is 0 Å². The lowest BCUT2D eigenvalue weighted by molar-refractivity contribution is 0.499. The summed E-state index contributed by atoms with van der Waals surface area (Å²) in [5.74, 6) is 1.04. The number of rotatable bonds is 7. The highest BCUT2D eigenvalue weighted by molar-refractivity contribution is 5.45. The summed E-state index contributed by atoms with van der Waals surface area (Å²) in [5.41, 5.74) is 2.45. The van der Waals surface area contributed by atoms with E-state index < -0.39 is 0 Å². The van der Waals surface area contributed by atoms with Crippen molar-refractivity contribution in [1.82, 2.24) is 5.32 Å². The minimum Gasteiger partial charge on any atom is -0.467 e. The third-order valence-electron chi connectivity index (χ3n) is 3.16. The molecule has 102 valence electrons. The number of nitrogens with zero attached hydrogens (tertiary/aromatic N) is 1. The summed E-state index contributed by atoms with van der Waals surface area (Å²) in [5, 5.41) is 3.41. The molecule has 0 fully saturated rings. The molecule has 0 saturated heterocycles. The fraction of sp³-hybridized carbons (Fsp3) is 0.375. The molecule has 1 aromatic carbocycles. The van der Waals surface area contributed by atoms with Gasteiger partial charge in [0.25, 0.3) is 0 Å². The topological polar surface area (TPSA) is 28.4 Å². The molecule has 1 heterocycles. The maximum Gasteiger partial charge on any atom is 0.127 e. The molecule has 2 aromatic rings. The third kappa shape index (κ3) is 3.86. The van der Waals surface area contributed by atoms with Gasteiger partial charge in [0.15, 0.2) is 0 Å². The van der Waals surface area contributed by atoms with Gasteiger partial charge in [-0.2, -0.15) is 0 Å². The van der Waals surface area contributed by atoms with E-state index in [9.17, 15) is 0 Å². The Morgan fingerprint density at radius 3 is 2.68 bits per heavy atom. The number of hydrogen-bond donors (Lipinski definition) is 1. The van der Waals surface area contributed by atoms with E-state index in [2.05, 4.69) is 54.5 Å². The normalized spacial score (nSPS) is 10.6. The molecule has 0 atom stereocenters. The van der Waals surface area contributed by atoms with Gasteiger partial charge in [-0.1, -0.05) is 25.1 Å². The summed E-state index contributed by atoms with van der Waals surface area (Å²) < 4.78 is 5.61. The van der Waals surface area contributed by atoms with Crippen LogP contribution in [0.15, 0.2) is 47.1 Å². The summed E-state index contributed by atoms with van der Waals surface area (Å²) in [6, 6.07) is 12.4. The lowest BCUT2D eigenvalue weighted by Gasteiger charge is -2.18. The number of para-hydroxylation sites is 1. The second-order valence-electron chi connectivity index (χ2n) is 4.74.